The number of carbonyl (C=O) groups is 1. The molecule has 1 fully saturated rings. The first-order chi connectivity index (χ1) is 17.7. The van der Waals surface area contributed by atoms with E-state index < -0.39 is 0 Å². The number of ether oxygens (including phenoxy) is 1. The van der Waals surface area contributed by atoms with Gasteiger partial charge in [-0.15, -0.1) is 10.2 Å². The Bertz CT molecular complexity index is 1250. The molecule has 0 saturated carbocycles. The van der Waals surface area contributed by atoms with E-state index >= 15 is 0 Å². The van der Waals surface area contributed by atoms with E-state index in [4.69, 9.17) is 4.74 Å². The number of benzene rings is 3. The van der Waals surface area contributed by atoms with E-state index in [9.17, 15) is 4.79 Å². The van der Waals surface area contributed by atoms with Gasteiger partial charge in [0.25, 0.3) is 0 Å². The smallest absolute Gasteiger partial charge is 0.225 e. The fraction of sp³-hybridized carbons (Fsp3) is 0.233. The predicted molar refractivity (Wildman–Crippen MR) is 141 cm³/mol. The predicted octanol–water partition coefficient (Wildman–Crippen LogP) is 5.26. The molecule has 36 heavy (non-hydrogen) atoms. The van der Waals surface area contributed by atoms with Crippen molar-refractivity contribution in [1.82, 2.24) is 15.5 Å². The molecule has 1 aliphatic rings. The maximum atomic E-state index is 12.9. The van der Waals surface area contributed by atoms with E-state index in [0.717, 1.165) is 53.3 Å². The number of aromatic nitrogens is 2. The quantitative estimate of drug-likeness (QED) is 0.374. The van der Waals surface area contributed by atoms with Gasteiger partial charge in [0.1, 0.15) is 12.4 Å². The number of hydrogen-bond donors (Lipinski definition) is 1. The summed E-state index contributed by atoms with van der Waals surface area (Å²) >= 11 is 0. The molecular formula is C30H30N4O2. The highest BCUT2D eigenvalue weighted by atomic mass is 16.5. The van der Waals surface area contributed by atoms with Crippen molar-refractivity contribution in [3.05, 3.63) is 108 Å². The van der Waals surface area contributed by atoms with Gasteiger partial charge < -0.3 is 15.0 Å². The van der Waals surface area contributed by atoms with Crippen LogP contribution in [0.4, 0.5) is 5.82 Å². The standard InChI is InChI=1S/C30H30N4O2/c35-30(31-20-23-13-15-27(16-14-23)36-22-24-8-3-1-4-9-24)26-12-7-19-34(21-26)29-18-17-28(32-33-29)25-10-5-2-6-11-25/h1-6,8-11,13-18,26H,7,12,19-22H2,(H,31,35). The number of anilines is 1. The van der Waals surface area contributed by atoms with E-state index in [0.29, 0.717) is 19.7 Å². The minimum absolute atomic E-state index is 0.0668. The number of hydrogen-bond acceptors (Lipinski definition) is 5. The molecule has 1 atom stereocenters. The van der Waals surface area contributed by atoms with Gasteiger partial charge in [0.05, 0.1) is 11.6 Å². The molecule has 6 nitrogen and oxygen atoms in total. The lowest BCUT2D eigenvalue weighted by Crippen LogP contribution is -2.43. The second-order valence-corrected chi connectivity index (χ2v) is 9.06. The summed E-state index contributed by atoms with van der Waals surface area (Å²) in [4.78, 5) is 15.1. The summed E-state index contributed by atoms with van der Waals surface area (Å²) in [6.07, 6.45) is 1.83. The van der Waals surface area contributed by atoms with Crippen LogP contribution in [0.25, 0.3) is 11.3 Å². The maximum Gasteiger partial charge on any atom is 0.225 e. The van der Waals surface area contributed by atoms with E-state index in [-0.39, 0.29) is 11.8 Å². The molecule has 0 aliphatic carbocycles. The first-order valence-corrected chi connectivity index (χ1v) is 12.4. The van der Waals surface area contributed by atoms with Crippen LogP contribution in [0, 0.1) is 5.92 Å². The number of nitrogens with one attached hydrogen (secondary N) is 1. The Balaban J connectivity index is 1.11. The topological polar surface area (TPSA) is 67.3 Å². The fourth-order valence-corrected chi connectivity index (χ4v) is 4.43. The van der Waals surface area contributed by atoms with Gasteiger partial charge in [-0.1, -0.05) is 72.8 Å². The van der Waals surface area contributed by atoms with Crippen LogP contribution in [0.1, 0.15) is 24.0 Å². The summed E-state index contributed by atoms with van der Waals surface area (Å²) in [7, 11) is 0. The molecule has 1 N–H and O–H groups in total. The SMILES string of the molecule is O=C(NCc1ccc(OCc2ccccc2)cc1)C1CCCN(c2ccc(-c3ccccc3)nn2)C1. The minimum Gasteiger partial charge on any atom is -0.489 e. The summed E-state index contributed by atoms with van der Waals surface area (Å²) in [6, 6.07) is 32.0. The molecule has 3 aromatic carbocycles. The minimum atomic E-state index is -0.0668. The normalized spacial score (nSPS) is 15.3. The third kappa shape index (κ3) is 6.08. The van der Waals surface area contributed by atoms with E-state index in [1.165, 1.54) is 0 Å². The van der Waals surface area contributed by atoms with E-state index in [1.807, 2.05) is 97.1 Å². The molecule has 1 saturated heterocycles. The molecule has 0 radical (unpaired) electrons. The van der Waals surface area contributed by atoms with Crippen molar-refractivity contribution in [2.45, 2.75) is 26.0 Å². The van der Waals surface area contributed by atoms with Crippen molar-refractivity contribution >= 4 is 11.7 Å². The molecule has 5 rings (SSSR count). The van der Waals surface area contributed by atoms with Gasteiger partial charge in [-0.3, -0.25) is 4.79 Å². The number of piperidine rings is 1. The highest BCUT2D eigenvalue weighted by Gasteiger charge is 2.26. The molecular weight excluding hydrogens is 448 g/mol. The Labute approximate surface area is 212 Å². The largest absolute Gasteiger partial charge is 0.489 e. The van der Waals surface area contributed by atoms with E-state index in [1.54, 1.807) is 0 Å². The lowest BCUT2D eigenvalue weighted by Gasteiger charge is -2.32. The zero-order chi connectivity index (χ0) is 24.6. The molecule has 1 aliphatic heterocycles. The third-order valence-electron chi connectivity index (χ3n) is 6.47. The lowest BCUT2D eigenvalue weighted by atomic mass is 9.97. The van der Waals surface area contributed by atoms with Crippen molar-refractivity contribution in [3.63, 3.8) is 0 Å². The van der Waals surface area contributed by atoms with Crippen molar-refractivity contribution in [1.29, 1.82) is 0 Å². The second-order valence-electron chi connectivity index (χ2n) is 9.06. The fourth-order valence-electron chi connectivity index (χ4n) is 4.43. The second kappa shape index (κ2) is 11.5. The third-order valence-corrected chi connectivity index (χ3v) is 6.47. The van der Waals surface area contributed by atoms with E-state index in [2.05, 4.69) is 20.4 Å². The molecule has 1 amide bonds. The summed E-state index contributed by atoms with van der Waals surface area (Å²) in [6.45, 7) is 2.57. The molecule has 2 heterocycles. The Kier molecular flexibility index (Phi) is 7.52. The van der Waals surface area contributed by atoms with Crippen LogP contribution in [0.15, 0.2) is 97.1 Å². The monoisotopic (exact) mass is 478 g/mol. The molecule has 6 heteroatoms. The van der Waals surface area contributed by atoms with Gasteiger partial charge in [-0.05, 0) is 48.2 Å². The zero-order valence-corrected chi connectivity index (χ0v) is 20.2. The van der Waals surface area contributed by atoms with Gasteiger partial charge in [0.2, 0.25) is 5.91 Å². The van der Waals surface area contributed by atoms with Crippen LogP contribution in [0.5, 0.6) is 5.75 Å². The average Bonchev–Trinajstić information content (AvgIpc) is 2.96. The number of nitrogens with zero attached hydrogens (tertiary/aromatic N) is 3. The van der Waals surface area contributed by atoms with Gasteiger partial charge in [-0.2, -0.15) is 0 Å². The van der Waals surface area contributed by atoms with Crippen molar-refractivity contribution in [2.24, 2.45) is 5.92 Å². The average molecular weight is 479 g/mol. The Morgan fingerprint density at radius 1 is 0.861 bits per heavy atom. The van der Waals surface area contributed by atoms with Crippen LogP contribution < -0.4 is 15.0 Å². The first-order valence-electron chi connectivity index (χ1n) is 12.4. The van der Waals surface area contributed by atoms with Crippen LogP contribution in [-0.4, -0.2) is 29.2 Å². The molecule has 0 bridgehead atoms. The summed E-state index contributed by atoms with van der Waals surface area (Å²) in [5.41, 5.74) is 4.07. The highest BCUT2D eigenvalue weighted by molar-refractivity contribution is 5.79. The molecule has 1 unspecified atom stereocenters. The Hall–Kier alpha value is -4.19. The summed E-state index contributed by atoms with van der Waals surface area (Å²) < 4.78 is 5.85. The molecule has 1 aromatic heterocycles. The van der Waals surface area contributed by atoms with Gasteiger partial charge in [-0.25, -0.2) is 0 Å². The molecule has 4 aromatic rings. The zero-order valence-electron chi connectivity index (χ0n) is 20.2. The number of amides is 1. The highest BCUT2D eigenvalue weighted by Crippen LogP contribution is 2.23. The number of carbonyl (C=O) groups excluding carboxylic acids is 1. The van der Waals surface area contributed by atoms with Crippen molar-refractivity contribution in [3.8, 4) is 17.0 Å². The van der Waals surface area contributed by atoms with Gasteiger partial charge >= 0.3 is 0 Å². The summed E-state index contributed by atoms with van der Waals surface area (Å²) in [5, 5.41) is 12.0. The van der Waals surface area contributed by atoms with Gasteiger partial charge in [0.15, 0.2) is 5.82 Å². The van der Waals surface area contributed by atoms with Crippen molar-refractivity contribution < 1.29 is 9.53 Å². The maximum absolute atomic E-state index is 12.9. The Morgan fingerprint density at radius 3 is 2.33 bits per heavy atom. The molecule has 0 spiro atoms. The van der Waals surface area contributed by atoms with Gasteiger partial charge in [0, 0.05) is 25.2 Å². The number of rotatable bonds is 8. The van der Waals surface area contributed by atoms with Crippen LogP contribution in [0.2, 0.25) is 0 Å². The summed E-state index contributed by atoms with van der Waals surface area (Å²) in [5.74, 6) is 1.65. The lowest BCUT2D eigenvalue weighted by molar-refractivity contribution is -0.125. The van der Waals surface area contributed by atoms with Crippen LogP contribution in [0.3, 0.4) is 0 Å². The van der Waals surface area contributed by atoms with Crippen molar-refractivity contribution in [2.75, 3.05) is 18.0 Å². The first kappa shape index (κ1) is 23.5. The molecule has 182 valence electrons. The van der Waals surface area contributed by atoms with Crippen LogP contribution >= 0.6 is 0 Å². The van der Waals surface area contributed by atoms with Crippen LogP contribution in [-0.2, 0) is 17.9 Å². The Morgan fingerprint density at radius 2 is 1.61 bits per heavy atom.